The van der Waals surface area contributed by atoms with E-state index in [9.17, 15) is 9.59 Å². The number of aliphatic carboxylic acids is 1. The molecule has 0 bridgehead atoms. The van der Waals surface area contributed by atoms with E-state index in [1.54, 1.807) is 11.6 Å². The first-order chi connectivity index (χ1) is 8.58. The van der Waals surface area contributed by atoms with Gasteiger partial charge >= 0.3 is 11.7 Å². The van der Waals surface area contributed by atoms with Crippen molar-refractivity contribution in [1.82, 2.24) is 29.5 Å². The van der Waals surface area contributed by atoms with Crippen LogP contribution in [0.4, 0.5) is 0 Å². The number of hydrogen-bond donors (Lipinski definition) is 2. The van der Waals surface area contributed by atoms with E-state index in [0.29, 0.717) is 11.0 Å². The van der Waals surface area contributed by atoms with Gasteiger partial charge in [0.25, 0.3) is 0 Å². The molecule has 0 aliphatic heterocycles. The van der Waals surface area contributed by atoms with Crippen LogP contribution in [0, 0.1) is 0 Å². The molecule has 96 valence electrons. The highest BCUT2D eigenvalue weighted by Gasteiger charge is 2.13. The van der Waals surface area contributed by atoms with Crippen LogP contribution in [0.3, 0.4) is 0 Å². The molecule has 10 heteroatoms. The van der Waals surface area contributed by atoms with Crippen LogP contribution in [-0.4, -0.2) is 46.4 Å². The lowest BCUT2D eigenvalue weighted by atomic mass is 10.6. The SMILES string of the molecule is Cn1cnnc1Cn1c(SCC(=O)O)n[nH]c1=O. The summed E-state index contributed by atoms with van der Waals surface area (Å²) in [6, 6.07) is 0. The highest BCUT2D eigenvalue weighted by atomic mass is 32.2. The van der Waals surface area contributed by atoms with Crippen LogP contribution in [0.5, 0.6) is 0 Å². The maximum absolute atomic E-state index is 11.5. The maximum Gasteiger partial charge on any atom is 0.344 e. The standard InChI is InChI=1S/C8H10N6O3S/c1-13-4-9-10-5(13)2-14-7(17)11-12-8(14)18-3-6(15)16/h4H,2-3H2,1H3,(H,11,17)(H,15,16). The zero-order valence-electron chi connectivity index (χ0n) is 9.40. The summed E-state index contributed by atoms with van der Waals surface area (Å²) in [5, 5.41) is 22.5. The molecule has 0 aliphatic rings. The summed E-state index contributed by atoms with van der Waals surface area (Å²) in [4.78, 5) is 22.0. The van der Waals surface area contributed by atoms with Crippen LogP contribution >= 0.6 is 11.8 Å². The van der Waals surface area contributed by atoms with Crippen LogP contribution < -0.4 is 5.69 Å². The Morgan fingerprint density at radius 3 is 3.00 bits per heavy atom. The van der Waals surface area contributed by atoms with E-state index < -0.39 is 11.7 Å². The molecule has 0 spiro atoms. The van der Waals surface area contributed by atoms with E-state index in [-0.39, 0.29) is 12.3 Å². The number of carboxylic acid groups (broad SMARTS) is 1. The molecule has 0 fully saturated rings. The van der Waals surface area contributed by atoms with Crippen molar-refractivity contribution in [3.8, 4) is 0 Å². The second kappa shape index (κ2) is 5.04. The van der Waals surface area contributed by atoms with Gasteiger partial charge in [-0.25, -0.2) is 9.89 Å². The first kappa shape index (κ1) is 12.4. The topological polar surface area (TPSA) is 119 Å². The quantitative estimate of drug-likeness (QED) is 0.663. The molecule has 2 aromatic rings. The summed E-state index contributed by atoms with van der Waals surface area (Å²) in [5.41, 5.74) is -0.411. The van der Waals surface area contributed by atoms with Crippen LogP contribution in [0.25, 0.3) is 0 Å². The van der Waals surface area contributed by atoms with E-state index in [4.69, 9.17) is 5.11 Å². The normalized spacial score (nSPS) is 10.7. The number of aryl methyl sites for hydroxylation is 1. The van der Waals surface area contributed by atoms with Gasteiger partial charge in [-0.2, -0.15) is 0 Å². The number of carbonyl (C=O) groups is 1. The summed E-state index contributed by atoms with van der Waals surface area (Å²) < 4.78 is 2.99. The fourth-order valence-electron chi connectivity index (χ4n) is 1.27. The van der Waals surface area contributed by atoms with E-state index >= 15 is 0 Å². The van der Waals surface area contributed by atoms with Crippen molar-refractivity contribution in [2.24, 2.45) is 7.05 Å². The van der Waals surface area contributed by atoms with Crippen molar-refractivity contribution >= 4 is 17.7 Å². The summed E-state index contributed by atoms with van der Waals surface area (Å²) in [6.07, 6.45) is 1.52. The minimum Gasteiger partial charge on any atom is -0.481 e. The Bertz CT molecular complexity index is 614. The Morgan fingerprint density at radius 2 is 2.39 bits per heavy atom. The van der Waals surface area contributed by atoms with Gasteiger partial charge in [0, 0.05) is 7.05 Å². The number of aromatic nitrogens is 6. The summed E-state index contributed by atoms with van der Waals surface area (Å²) in [7, 11) is 1.75. The van der Waals surface area contributed by atoms with Gasteiger partial charge in [-0.1, -0.05) is 11.8 Å². The van der Waals surface area contributed by atoms with Crippen molar-refractivity contribution in [3.05, 3.63) is 22.6 Å². The average molecular weight is 270 g/mol. The Morgan fingerprint density at radius 1 is 1.61 bits per heavy atom. The molecule has 9 nitrogen and oxygen atoms in total. The smallest absolute Gasteiger partial charge is 0.344 e. The highest BCUT2D eigenvalue weighted by Crippen LogP contribution is 2.13. The summed E-state index contributed by atoms with van der Waals surface area (Å²) in [6.45, 7) is 0.188. The molecule has 0 saturated heterocycles. The molecule has 2 heterocycles. The average Bonchev–Trinajstić information content (AvgIpc) is 2.86. The van der Waals surface area contributed by atoms with Crippen LogP contribution in [0.15, 0.2) is 16.3 Å². The lowest BCUT2D eigenvalue weighted by Gasteiger charge is -2.03. The van der Waals surface area contributed by atoms with Gasteiger partial charge in [0.2, 0.25) is 0 Å². The Hall–Kier alpha value is -2.10. The lowest BCUT2D eigenvalue weighted by Crippen LogP contribution is -2.20. The fourth-order valence-corrected chi connectivity index (χ4v) is 1.94. The maximum atomic E-state index is 11.5. The second-order valence-corrected chi connectivity index (χ2v) is 4.38. The molecule has 18 heavy (non-hydrogen) atoms. The van der Waals surface area contributed by atoms with Crippen molar-refractivity contribution in [3.63, 3.8) is 0 Å². The molecule has 0 radical (unpaired) electrons. The number of rotatable bonds is 5. The molecule has 0 aliphatic carbocycles. The Balaban J connectivity index is 2.22. The largest absolute Gasteiger partial charge is 0.481 e. The van der Waals surface area contributed by atoms with Crippen LogP contribution in [0.2, 0.25) is 0 Å². The van der Waals surface area contributed by atoms with Crippen molar-refractivity contribution in [1.29, 1.82) is 0 Å². The third kappa shape index (κ3) is 2.59. The first-order valence-electron chi connectivity index (χ1n) is 4.90. The molecule has 0 saturated carbocycles. The summed E-state index contributed by atoms with van der Waals surface area (Å²) >= 11 is 0.967. The molecular formula is C8H10N6O3S. The van der Waals surface area contributed by atoms with Gasteiger partial charge in [-0.15, -0.1) is 15.3 Å². The number of H-pyrrole nitrogens is 1. The zero-order chi connectivity index (χ0) is 13.1. The van der Waals surface area contributed by atoms with E-state index in [1.165, 1.54) is 10.9 Å². The van der Waals surface area contributed by atoms with Gasteiger partial charge in [-0.05, 0) is 0 Å². The predicted molar refractivity (Wildman–Crippen MR) is 61.3 cm³/mol. The molecule has 0 amide bonds. The number of hydrogen-bond acceptors (Lipinski definition) is 6. The monoisotopic (exact) mass is 270 g/mol. The molecule has 2 aromatic heterocycles. The Kier molecular flexibility index (Phi) is 3.46. The molecular weight excluding hydrogens is 260 g/mol. The third-order valence-corrected chi connectivity index (χ3v) is 3.11. The van der Waals surface area contributed by atoms with Crippen molar-refractivity contribution < 1.29 is 9.90 Å². The van der Waals surface area contributed by atoms with Crippen molar-refractivity contribution in [2.75, 3.05) is 5.75 Å². The number of nitrogens with zero attached hydrogens (tertiary/aromatic N) is 5. The van der Waals surface area contributed by atoms with E-state index in [0.717, 1.165) is 11.8 Å². The minimum absolute atomic E-state index is 0.164. The van der Waals surface area contributed by atoms with Gasteiger partial charge in [0.1, 0.15) is 6.33 Å². The number of thioether (sulfide) groups is 1. The van der Waals surface area contributed by atoms with Crippen LogP contribution in [-0.2, 0) is 18.4 Å². The number of carboxylic acids is 1. The predicted octanol–water partition coefficient (Wildman–Crippen LogP) is -1.08. The first-order valence-corrected chi connectivity index (χ1v) is 5.89. The summed E-state index contributed by atoms with van der Waals surface area (Å²) in [5.74, 6) is -0.556. The number of nitrogens with one attached hydrogen (secondary N) is 1. The van der Waals surface area contributed by atoms with Gasteiger partial charge in [0.05, 0.1) is 12.3 Å². The molecule has 0 atom stereocenters. The minimum atomic E-state index is -0.972. The van der Waals surface area contributed by atoms with E-state index in [1.807, 2.05) is 0 Å². The third-order valence-electron chi connectivity index (χ3n) is 2.15. The van der Waals surface area contributed by atoms with Gasteiger partial charge < -0.3 is 9.67 Å². The fraction of sp³-hybridized carbons (Fsp3) is 0.375. The van der Waals surface area contributed by atoms with E-state index in [2.05, 4.69) is 20.4 Å². The number of aromatic amines is 1. The molecule has 2 N–H and O–H groups in total. The highest BCUT2D eigenvalue weighted by molar-refractivity contribution is 7.99. The van der Waals surface area contributed by atoms with Gasteiger partial charge in [-0.3, -0.25) is 9.36 Å². The van der Waals surface area contributed by atoms with Crippen molar-refractivity contribution in [2.45, 2.75) is 11.7 Å². The molecule has 2 rings (SSSR count). The van der Waals surface area contributed by atoms with Gasteiger partial charge in [0.15, 0.2) is 11.0 Å². The lowest BCUT2D eigenvalue weighted by molar-refractivity contribution is -0.133. The molecule has 0 unspecified atom stereocenters. The Labute approximate surface area is 105 Å². The second-order valence-electron chi connectivity index (χ2n) is 3.44. The zero-order valence-corrected chi connectivity index (χ0v) is 10.2. The molecule has 0 aromatic carbocycles. The van der Waals surface area contributed by atoms with Crippen LogP contribution in [0.1, 0.15) is 5.82 Å².